The van der Waals surface area contributed by atoms with Crippen LogP contribution in [0.2, 0.25) is 0 Å². The van der Waals surface area contributed by atoms with Gasteiger partial charge in [0, 0.05) is 65.8 Å². The molecule has 1 atom stereocenters. The molecule has 8 rings (SSSR count). The first-order valence-corrected chi connectivity index (χ1v) is 26.9. The maximum absolute atomic E-state index is 14.2. The molecule has 2 amide bonds. The van der Waals surface area contributed by atoms with E-state index in [-0.39, 0.29) is 68.4 Å². The number of aliphatic carboxylic acids is 1. The summed E-state index contributed by atoms with van der Waals surface area (Å²) in [5, 5.41) is 29.3. The number of nitrogens with zero attached hydrogens (tertiary/aromatic N) is 7. The van der Waals surface area contributed by atoms with Crippen LogP contribution >= 0.6 is 11.3 Å². The number of ether oxygens (including phenoxy) is 5. The number of carboxylic acid groups (broad SMARTS) is 1. The first-order valence-electron chi connectivity index (χ1n) is 24.6. The molecule has 0 spiro atoms. The predicted octanol–water partition coefficient (Wildman–Crippen LogP) is 5.80. The number of amides is 2. The minimum atomic E-state index is -4.03. The second-order valence-corrected chi connectivity index (χ2v) is 21.2. The van der Waals surface area contributed by atoms with Gasteiger partial charge in [0.1, 0.15) is 16.9 Å². The van der Waals surface area contributed by atoms with Crippen molar-refractivity contribution in [1.82, 2.24) is 34.0 Å². The fourth-order valence-corrected chi connectivity index (χ4v) is 11.8. The zero-order valence-corrected chi connectivity index (χ0v) is 43.9. The van der Waals surface area contributed by atoms with Gasteiger partial charge in [-0.25, -0.2) is 12.9 Å². The van der Waals surface area contributed by atoms with E-state index < -0.39 is 22.0 Å². The number of rotatable bonds is 25. The van der Waals surface area contributed by atoms with E-state index in [0.717, 1.165) is 38.8 Å². The van der Waals surface area contributed by atoms with Gasteiger partial charge in [0.15, 0.2) is 5.82 Å². The number of fused-ring (bicyclic) bond motifs is 4. The van der Waals surface area contributed by atoms with Gasteiger partial charge in [-0.1, -0.05) is 35.9 Å². The molecule has 0 bridgehead atoms. The van der Waals surface area contributed by atoms with E-state index in [4.69, 9.17) is 28.7 Å². The van der Waals surface area contributed by atoms with E-state index in [2.05, 4.69) is 71.0 Å². The van der Waals surface area contributed by atoms with Crippen molar-refractivity contribution in [2.75, 3.05) is 84.9 Å². The lowest BCUT2D eigenvalue weighted by Gasteiger charge is -2.31. The number of benzene rings is 2. The Morgan fingerprint density at radius 1 is 0.824 bits per heavy atom. The highest BCUT2D eigenvalue weighted by Gasteiger charge is 2.34. The molecule has 0 saturated carbocycles. The number of piperidine rings is 1. The quantitative estimate of drug-likeness (QED) is 0.0575. The number of aliphatic imine (C=N–C) groups is 1. The number of nitrogens with one attached hydrogen (secondary N) is 2. The van der Waals surface area contributed by atoms with E-state index in [0.29, 0.717) is 92.7 Å². The Bertz CT molecular complexity index is 3090. The highest BCUT2D eigenvalue weighted by Crippen LogP contribution is 2.40. The number of anilines is 1. The Hall–Kier alpha value is -6.24. The minimum Gasteiger partial charge on any atom is -0.481 e. The van der Waals surface area contributed by atoms with Gasteiger partial charge >= 0.3 is 5.97 Å². The molecule has 2 aromatic carbocycles. The lowest BCUT2D eigenvalue weighted by atomic mass is 9.99. The Morgan fingerprint density at radius 3 is 2.20 bits per heavy atom. The molecule has 6 aromatic rings. The zero-order chi connectivity index (χ0) is 52.4. The molecule has 3 N–H and O–H groups in total. The topological polar surface area (TPSA) is 239 Å². The Kier molecular flexibility index (Phi) is 18.2. The standard InChI is InChI=1S/C52H63N9O11S2/c1-33-6-8-37(9-7-33)50-49-34(2)35(3)73-52(49)61-36(4)57-58-51(61)43(56-50)31-47(63)53-16-21-70-23-25-72-27-26-71-24-22-69-20-15-46(62)55-40-10-11-42(38-12-19-60-44(28-38)39(32-54-60)29-48(64)65)45(30-40)74(66,67)59-17-13-41(68-5)14-18-59/h6-12,19,28,30,32,41,43H,13-18,20-27,29,31H2,1-5H3,(H,53,63)(H,55,62)(H,64,65)/t43-/m0/s1. The Morgan fingerprint density at radius 2 is 1.51 bits per heavy atom. The lowest BCUT2D eigenvalue weighted by Crippen LogP contribution is -2.40. The van der Waals surface area contributed by atoms with Crippen molar-refractivity contribution in [1.29, 1.82) is 0 Å². The maximum atomic E-state index is 14.2. The first-order chi connectivity index (χ1) is 35.7. The maximum Gasteiger partial charge on any atom is 0.307 e. The average molecular weight is 1050 g/mol. The molecule has 22 heteroatoms. The molecular formula is C52H63N9O11S2. The molecule has 2 aliphatic heterocycles. The number of carbonyl (C=O) groups is 3. The van der Waals surface area contributed by atoms with Crippen LogP contribution in [0.5, 0.6) is 0 Å². The summed E-state index contributed by atoms with van der Waals surface area (Å²) in [5.41, 5.74) is 7.46. The van der Waals surface area contributed by atoms with Crippen molar-refractivity contribution >= 4 is 56.1 Å². The molecule has 0 unspecified atom stereocenters. The molecular weight excluding hydrogens is 991 g/mol. The molecule has 74 heavy (non-hydrogen) atoms. The van der Waals surface area contributed by atoms with Gasteiger partial charge in [0.25, 0.3) is 0 Å². The van der Waals surface area contributed by atoms with Gasteiger partial charge in [-0.15, -0.1) is 21.5 Å². The van der Waals surface area contributed by atoms with Crippen LogP contribution in [-0.2, 0) is 54.5 Å². The van der Waals surface area contributed by atoms with Gasteiger partial charge < -0.3 is 39.4 Å². The number of aryl methyl sites for hydroxylation is 3. The molecule has 20 nitrogen and oxygen atoms in total. The van der Waals surface area contributed by atoms with Crippen molar-refractivity contribution in [3.63, 3.8) is 0 Å². The van der Waals surface area contributed by atoms with Crippen molar-refractivity contribution in [3.8, 4) is 16.1 Å². The fraction of sp³-hybridized carbons (Fsp3) is 0.442. The van der Waals surface area contributed by atoms with Gasteiger partial charge in [-0.2, -0.15) is 9.40 Å². The van der Waals surface area contributed by atoms with Gasteiger partial charge in [-0.3, -0.25) is 23.9 Å². The fourth-order valence-electron chi connectivity index (χ4n) is 8.89. The van der Waals surface area contributed by atoms with Crippen LogP contribution in [0, 0.1) is 27.7 Å². The second-order valence-electron chi connectivity index (χ2n) is 18.1. The molecule has 2 aliphatic rings. The number of sulfonamides is 1. The van der Waals surface area contributed by atoms with Crippen LogP contribution in [0.1, 0.15) is 76.1 Å². The average Bonchev–Trinajstić information content (AvgIpc) is 4.03. The summed E-state index contributed by atoms with van der Waals surface area (Å²) >= 11 is 1.68. The third kappa shape index (κ3) is 13.0. The van der Waals surface area contributed by atoms with E-state index in [9.17, 15) is 27.9 Å². The molecule has 0 aliphatic carbocycles. The van der Waals surface area contributed by atoms with Crippen LogP contribution in [0.3, 0.4) is 0 Å². The monoisotopic (exact) mass is 1050 g/mol. The number of methoxy groups -OCH3 is 1. The van der Waals surface area contributed by atoms with E-state index >= 15 is 0 Å². The summed E-state index contributed by atoms with van der Waals surface area (Å²) in [6, 6.07) is 15.9. The summed E-state index contributed by atoms with van der Waals surface area (Å²) in [7, 11) is -2.42. The molecule has 6 heterocycles. The van der Waals surface area contributed by atoms with Crippen LogP contribution in [-0.4, -0.2) is 151 Å². The summed E-state index contributed by atoms with van der Waals surface area (Å²) in [6.07, 6.45) is 4.07. The highest BCUT2D eigenvalue weighted by molar-refractivity contribution is 7.89. The van der Waals surface area contributed by atoms with Gasteiger partial charge in [0.2, 0.25) is 21.8 Å². The summed E-state index contributed by atoms with van der Waals surface area (Å²) < 4.78 is 61.5. The molecule has 394 valence electrons. The van der Waals surface area contributed by atoms with Crippen LogP contribution < -0.4 is 10.6 Å². The summed E-state index contributed by atoms with van der Waals surface area (Å²) in [6.45, 7) is 11.4. The number of aromatic nitrogens is 5. The van der Waals surface area contributed by atoms with Crippen molar-refractivity contribution in [2.24, 2.45) is 4.99 Å². The molecule has 4 aromatic heterocycles. The number of carbonyl (C=O) groups excluding carboxylic acids is 2. The van der Waals surface area contributed by atoms with E-state index in [1.54, 1.807) is 53.4 Å². The number of carboxylic acids is 1. The van der Waals surface area contributed by atoms with E-state index in [1.807, 2.05) is 11.5 Å². The van der Waals surface area contributed by atoms with Crippen LogP contribution in [0.15, 0.2) is 76.9 Å². The normalized spacial score (nSPS) is 15.1. The number of thiophene rings is 1. The Balaban J connectivity index is 0.721. The van der Waals surface area contributed by atoms with E-state index in [1.165, 1.54) is 21.4 Å². The van der Waals surface area contributed by atoms with Crippen LogP contribution in [0.4, 0.5) is 5.69 Å². The number of hydrogen-bond acceptors (Lipinski definition) is 15. The number of hydrogen-bond donors (Lipinski definition) is 3. The lowest BCUT2D eigenvalue weighted by molar-refractivity contribution is -0.136. The summed E-state index contributed by atoms with van der Waals surface area (Å²) in [4.78, 5) is 44.2. The zero-order valence-electron chi connectivity index (χ0n) is 42.3. The van der Waals surface area contributed by atoms with Gasteiger partial charge in [-0.05, 0) is 75.9 Å². The predicted molar refractivity (Wildman–Crippen MR) is 278 cm³/mol. The second kappa shape index (κ2) is 24.9. The SMILES string of the molecule is COC1CCN(S(=O)(=O)c2cc(NC(=O)CCOCCOCCOCCOCCNC(=O)C[C@@H]3N=C(c4ccc(C)cc4)c4c(sc(C)c4C)-n4c(C)nnc43)ccc2-c2ccn3ncc(CC(=O)O)c3c2)CC1. The Labute approximate surface area is 434 Å². The molecule has 1 fully saturated rings. The largest absolute Gasteiger partial charge is 0.481 e. The van der Waals surface area contributed by atoms with Crippen molar-refractivity contribution in [2.45, 2.75) is 76.8 Å². The van der Waals surface area contributed by atoms with Crippen LogP contribution in [0.25, 0.3) is 21.6 Å². The third-order valence-electron chi connectivity index (χ3n) is 13.0. The third-order valence-corrected chi connectivity index (χ3v) is 16.1. The molecule has 0 radical (unpaired) electrons. The number of pyridine rings is 1. The smallest absolute Gasteiger partial charge is 0.307 e. The van der Waals surface area contributed by atoms with Crippen molar-refractivity contribution < 1.29 is 51.6 Å². The first kappa shape index (κ1) is 54.0. The summed E-state index contributed by atoms with van der Waals surface area (Å²) in [5.74, 6) is -0.165. The van der Waals surface area contributed by atoms with Crippen molar-refractivity contribution in [3.05, 3.63) is 111 Å². The highest BCUT2D eigenvalue weighted by atomic mass is 32.2. The minimum absolute atomic E-state index is 0.0111. The van der Waals surface area contributed by atoms with Gasteiger partial charge in [0.05, 0.1) is 101 Å². The molecule has 1 saturated heterocycles.